The summed E-state index contributed by atoms with van der Waals surface area (Å²) >= 11 is 1.61. The first-order valence-corrected chi connectivity index (χ1v) is 7.37. The van der Waals surface area contributed by atoms with Gasteiger partial charge >= 0.3 is 0 Å². The van der Waals surface area contributed by atoms with Crippen LogP contribution < -0.4 is 10.2 Å². The van der Waals surface area contributed by atoms with Crippen molar-refractivity contribution in [3.63, 3.8) is 0 Å². The van der Waals surface area contributed by atoms with Crippen molar-refractivity contribution in [3.8, 4) is 0 Å². The van der Waals surface area contributed by atoms with Crippen LogP contribution >= 0.6 is 11.3 Å². The molecule has 2 N–H and O–H groups in total. The van der Waals surface area contributed by atoms with E-state index in [1.54, 1.807) is 11.3 Å². The number of β-amino-alcohol motifs (C(OH)–C–C–N with tert-alkyl or cyclic N) is 1. The number of nitrogens with one attached hydrogen (secondary N) is 1. The molecule has 2 aromatic rings. The van der Waals surface area contributed by atoms with Crippen molar-refractivity contribution >= 4 is 33.3 Å². The maximum Gasteiger partial charge on any atom is 0.225 e. The molecule has 0 bridgehead atoms. The number of nitrogens with zero attached hydrogens (tertiary/aromatic N) is 3. The van der Waals surface area contributed by atoms with E-state index < -0.39 is 5.60 Å². The lowest BCUT2D eigenvalue weighted by atomic mass is 9.95. The third-order valence-corrected chi connectivity index (χ3v) is 4.31. The molecule has 0 saturated carbocycles. The zero-order valence-electron chi connectivity index (χ0n) is 11.2. The van der Waals surface area contributed by atoms with Gasteiger partial charge in [0.05, 0.1) is 11.0 Å². The lowest BCUT2D eigenvalue weighted by Crippen LogP contribution is -2.46. The van der Waals surface area contributed by atoms with Crippen molar-refractivity contribution in [2.45, 2.75) is 25.4 Å². The van der Waals surface area contributed by atoms with E-state index in [0.717, 1.165) is 35.4 Å². The summed E-state index contributed by atoms with van der Waals surface area (Å²) in [5.41, 5.74) is -0.634. The fourth-order valence-electron chi connectivity index (χ4n) is 2.59. The fourth-order valence-corrected chi connectivity index (χ4v) is 3.35. The molecule has 5 nitrogen and oxygen atoms in total. The molecule has 19 heavy (non-hydrogen) atoms. The van der Waals surface area contributed by atoms with Gasteiger partial charge in [0.15, 0.2) is 0 Å². The molecule has 1 fully saturated rings. The van der Waals surface area contributed by atoms with Gasteiger partial charge in [-0.2, -0.15) is 4.98 Å². The average Bonchev–Trinajstić information content (AvgIpc) is 2.84. The minimum absolute atomic E-state index is 0.623. The molecule has 1 aliphatic heterocycles. The van der Waals surface area contributed by atoms with Gasteiger partial charge in [-0.3, -0.25) is 0 Å². The van der Waals surface area contributed by atoms with E-state index in [2.05, 4.69) is 26.3 Å². The largest absolute Gasteiger partial charge is 0.388 e. The molecule has 1 aliphatic rings. The Morgan fingerprint density at radius 1 is 1.47 bits per heavy atom. The van der Waals surface area contributed by atoms with Crippen molar-refractivity contribution in [3.05, 3.63) is 11.4 Å². The summed E-state index contributed by atoms with van der Waals surface area (Å²) in [6.45, 7) is 3.45. The number of aliphatic hydroxyl groups is 1. The third-order valence-electron chi connectivity index (χ3n) is 3.50. The number of rotatable bonds is 2. The lowest BCUT2D eigenvalue weighted by molar-refractivity contribution is 0.0448. The van der Waals surface area contributed by atoms with Crippen LogP contribution in [0.2, 0.25) is 0 Å². The number of aromatic nitrogens is 2. The van der Waals surface area contributed by atoms with Crippen LogP contribution in [0.5, 0.6) is 0 Å². The molecule has 2 aromatic heterocycles. The Labute approximate surface area is 116 Å². The second-order valence-corrected chi connectivity index (χ2v) is 6.18. The van der Waals surface area contributed by atoms with Crippen LogP contribution in [0, 0.1) is 0 Å². The molecule has 1 saturated heterocycles. The fraction of sp³-hybridized carbons (Fsp3) is 0.538. The molecule has 6 heteroatoms. The smallest absolute Gasteiger partial charge is 0.225 e. The summed E-state index contributed by atoms with van der Waals surface area (Å²) in [6.07, 6.45) is 1.83. The van der Waals surface area contributed by atoms with Crippen LogP contribution in [0.15, 0.2) is 11.4 Å². The van der Waals surface area contributed by atoms with Gasteiger partial charge in [0, 0.05) is 20.1 Å². The Morgan fingerprint density at radius 3 is 3.05 bits per heavy atom. The van der Waals surface area contributed by atoms with E-state index >= 15 is 0 Å². The van der Waals surface area contributed by atoms with Crippen LogP contribution in [0.25, 0.3) is 10.2 Å². The first kappa shape index (κ1) is 12.6. The highest BCUT2D eigenvalue weighted by Crippen LogP contribution is 2.32. The number of thiophene rings is 1. The lowest BCUT2D eigenvalue weighted by Gasteiger charge is -2.37. The van der Waals surface area contributed by atoms with E-state index in [9.17, 15) is 5.11 Å². The summed E-state index contributed by atoms with van der Waals surface area (Å²) in [7, 11) is 1.82. The highest BCUT2D eigenvalue weighted by atomic mass is 32.1. The molecular formula is C13H18N4OS. The SMILES string of the molecule is CNc1nc(N2CCCC(C)(O)C2)c2ccsc2n1. The standard InChI is InChI=1S/C13H18N4OS/c1-13(18)5-3-6-17(8-13)10-9-4-7-19-11(9)16-12(14-2)15-10/h4,7,18H,3,5-6,8H2,1-2H3,(H,14,15,16). The Hall–Kier alpha value is -1.40. The average molecular weight is 278 g/mol. The predicted molar refractivity (Wildman–Crippen MR) is 79.0 cm³/mol. The third kappa shape index (κ3) is 2.37. The van der Waals surface area contributed by atoms with Gasteiger partial charge in [0.2, 0.25) is 5.95 Å². The van der Waals surface area contributed by atoms with Gasteiger partial charge in [0.25, 0.3) is 0 Å². The normalized spacial score (nSPS) is 23.8. The maximum atomic E-state index is 10.3. The zero-order chi connectivity index (χ0) is 13.5. The second-order valence-electron chi connectivity index (χ2n) is 5.28. The molecule has 3 heterocycles. The first-order valence-electron chi connectivity index (χ1n) is 6.49. The van der Waals surface area contributed by atoms with Gasteiger partial charge in [-0.1, -0.05) is 0 Å². The summed E-state index contributed by atoms with van der Waals surface area (Å²) in [6, 6.07) is 2.05. The molecule has 0 aliphatic carbocycles. The molecule has 3 rings (SSSR count). The molecule has 0 amide bonds. The molecule has 0 spiro atoms. The van der Waals surface area contributed by atoms with Gasteiger partial charge in [-0.05, 0) is 31.2 Å². The molecular weight excluding hydrogens is 260 g/mol. The number of piperidine rings is 1. The van der Waals surface area contributed by atoms with Crippen LogP contribution in [0.4, 0.5) is 11.8 Å². The van der Waals surface area contributed by atoms with Crippen LogP contribution in [0.3, 0.4) is 0 Å². The van der Waals surface area contributed by atoms with Crippen molar-refractivity contribution in [1.82, 2.24) is 9.97 Å². The second kappa shape index (κ2) is 4.61. The molecule has 1 unspecified atom stereocenters. The van der Waals surface area contributed by atoms with E-state index in [4.69, 9.17) is 0 Å². The molecule has 102 valence electrons. The van der Waals surface area contributed by atoms with Crippen LogP contribution in [-0.4, -0.2) is 40.8 Å². The van der Waals surface area contributed by atoms with Gasteiger partial charge in [-0.25, -0.2) is 4.98 Å². The number of hydrogen-bond donors (Lipinski definition) is 2. The first-order chi connectivity index (χ1) is 9.09. The Balaban J connectivity index is 2.05. The predicted octanol–water partition coefficient (Wildman–Crippen LogP) is 2.08. The summed E-state index contributed by atoms with van der Waals surface area (Å²) < 4.78 is 0. The number of fused-ring (bicyclic) bond motifs is 1. The van der Waals surface area contributed by atoms with Gasteiger partial charge < -0.3 is 15.3 Å². The van der Waals surface area contributed by atoms with E-state index in [-0.39, 0.29) is 0 Å². The zero-order valence-corrected chi connectivity index (χ0v) is 12.0. The topological polar surface area (TPSA) is 61.3 Å². The minimum Gasteiger partial charge on any atom is -0.388 e. The summed E-state index contributed by atoms with van der Waals surface area (Å²) in [5, 5.41) is 16.4. The Kier molecular flexibility index (Phi) is 3.06. The van der Waals surface area contributed by atoms with Gasteiger partial charge in [-0.15, -0.1) is 11.3 Å². The van der Waals surface area contributed by atoms with Crippen LogP contribution in [-0.2, 0) is 0 Å². The van der Waals surface area contributed by atoms with Crippen molar-refractivity contribution in [1.29, 1.82) is 0 Å². The van der Waals surface area contributed by atoms with Crippen LogP contribution in [0.1, 0.15) is 19.8 Å². The maximum absolute atomic E-state index is 10.3. The van der Waals surface area contributed by atoms with E-state index in [1.165, 1.54) is 0 Å². The van der Waals surface area contributed by atoms with E-state index in [1.807, 2.05) is 19.4 Å². The summed E-state index contributed by atoms with van der Waals surface area (Å²) in [5.74, 6) is 1.56. The number of anilines is 2. The summed E-state index contributed by atoms with van der Waals surface area (Å²) in [4.78, 5) is 12.2. The monoisotopic (exact) mass is 278 g/mol. The van der Waals surface area contributed by atoms with Gasteiger partial charge in [0.1, 0.15) is 10.6 Å². The Morgan fingerprint density at radius 2 is 2.32 bits per heavy atom. The van der Waals surface area contributed by atoms with Crippen molar-refractivity contribution < 1.29 is 5.11 Å². The Bertz CT molecular complexity index is 595. The molecule has 0 radical (unpaired) electrons. The molecule has 1 atom stereocenters. The highest BCUT2D eigenvalue weighted by molar-refractivity contribution is 7.16. The quantitative estimate of drug-likeness (QED) is 0.880. The minimum atomic E-state index is -0.634. The number of hydrogen-bond acceptors (Lipinski definition) is 6. The highest BCUT2D eigenvalue weighted by Gasteiger charge is 2.30. The van der Waals surface area contributed by atoms with Crippen molar-refractivity contribution in [2.75, 3.05) is 30.4 Å². The molecule has 0 aromatic carbocycles. The van der Waals surface area contributed by atoms with E-state index in [0.29, 0.717) is 12.5 Å². The van der Waals surface area contributed by atoms with Crippen molar-refractivity contribution in [2.24, 2.45) is 0 Å².